The van der Waals surface area contributed by atoms with Crippen molar-refractivity contribution in [3.8, 4) is 5.92 Å². The van der Waals surface area contributed by atoms with E-state index in [1.54, 1.807) is 0 Å². The average Bonchev–Trinajstić information content (AvgIpc) is 1.87. The van der Waals surface area contributed by atoms with Crippen LogP contribution in [0.15, 0.2) is 0 Å². The zero-order chi connectivity index (χ0) is 6.62. The first kappa shape index (κ1) is 7.56. The van der Waals surface area contributed by atoms with Crippen molar-refractivity contribution < 1.29 is 0 Å². The third-order valence-electron chi connectivity index (χ3n) is 1.86. The SMILES string of the molecule is [C]#CC(C)(CC)CC. The van der Waals surface area contributed by atoms with Gasteiger partial charge in [-0.3, -0.25) is 0 Å². The third-order valence-corrected chi connectivity index (χ3v) is 1.86. The molecule has 0 amide bonds. The molecule has 0 aromatic rings. The molecule has 0 fully saturated rings. The minimum absolute atomic E-state index is 0.0417. The van der Waals surface area contributed by atoms with Gasteiger partial charge in [0, 0.05) is 5.41 Å². The summed E-state index contributed by atoms with van der Waals surface area (Å²) in [5.74, 6) is 2.53. The highest BCUT2D eigenvalue weighted by molar-refractivity contribution is 4.96. The molecule has 0 saturated heterocycles. The number of hydrogen-bond acceptors (Lipinski definition) is 0. The molecular weight excluding hydrogens is 96.1 g/mol. The molecule has 0 heterocycles. The Kier molecular flexibility index (Phi) is 2.62. The fraction of sp³-hybridized carbons (Fsp3) is 0.750. The molecule has 0 rings (SSSR count). The summed E-state index contributed by atoms with van der Waals surface area (Å²) in [5, 5.41) is 0. The van der Waals surface area contributed by atoms with E-state index in [1.807, 2.05) is 0 Å². The second-order valence-corrected chi connectivity index (χ2v) is 2.39. The Hall–Kier alpha value is -0.440. The molecule has 0 N–H and O–H groups in total. The molecule has 0 atom stereocenters. The second kappa shape index (κ2) is 2.77. The van der Waals surface area contributed by atoms with Gasteiger partial charge in [0.25, 0.3) is 0 Å². The summed E-state index contributed by atoms with van der Waals surface area (Å²) >= 11 is 0. The molecule has 0 saturated carbocycles. The van der Waals surface area contributed by atoms with Gasteiger partial charge in [-0.2, -0.15) is 0 Å². The standard InChI is InChI=1S/C8H13/c1-5-8(4,6-2)7-3/h5-6H2,1-2,4H3. The van der Waals surface area contributed by atoms with Crippen LogP contribution in [0.3, 0.4) is 0 Å². The smallest absolute Gasteiger partial charge is 0.0291 e. The molecule has 0 bridgehead atoms. The van der Waals surface area contributed by atoms with Gasteiger partial charge in [0.1, 0.15) is 0 Å². The van der Waals surface area contributed by atoms with Gasteiger partial charge in [0.2, 0.25) is 0 Å². The Morgan fingerprint density at radius 2 is 1.75 bits per heavy atom. The highest BCUT2D eigenvalue weighted by atomic mass is 14.2. The summed E-state index contributed by atoms with van der Waals surface area (Å²) in [6, 6.07) is 0. The zero-order valence-corrected chi connectivity index (χ0v) is 5.91. The van der Waals surface area contributed by atoms with E-state index in [9.17, 15) is 0 Å². The van der Waals surface area contributed by atoms with Gasteiger partial charge >= 0.3 is 0 Å². The molecule has 0 aromatic carbocycles. The second-order valence-electron chi connectivity index (χ2n) is 2.39. The van der Waals surface area contributed by atoms with Gasteiger partial charge in [0.15, 0.2) is 0 Å². The third kappa shape index (κ3) is 1.58. The molecule has 0 unspecified atom stereocenters. The Bertz CT molecular complexity index is 91.1. The van der Waals surface area contributed by atoms with Gasteiger partial charge in [-0.15, -0.1) is 0 Å². The lowest BCUT2D eigenvalue weighted by Crippen LogP contribution is -2.09. The van der Waals surface area contributed by atoms with E-state index in [4.69, 9.17) is 6.42 Å². The van der Waals surface area contributed by atoms with Gasteiger partial charge in [-0.1, -0.05) is 19.8 Å². The minimum atomic E-state index is 0.0417. The molecule has 0 aliphatic rings. The molecule has 8 heavy (non-hydrogen) atoms. The van der Waals surface area contributed by atoms with E-state index in [2.05, 4.69) is 26.7 Å². The van der Waals surface area contributed by atoms with Gasteiger partial charge in [0.05, 0.1) is 0 Å². The molecule has 45 valence electrons. The fourth-order valence-electron chi connectivity index (χ4n) is 0.427. The molecule has 0 aliphatic heterocycles. The van der Waals surface area contributed by atoms with Crippen LogP contribution in [0.25, 0.3) is 0 Å². The summed E-state index contributed by atoms with van der Waals surface area (Å²) in [7, 11) is 0. The number of hydrogen-bond donors (Lipinski definition) is 0. The molecule has 1 radical (unpaired) electrons. The van der Waals surface area contributed by atoms with Crippen LogP contribution in [-0.2, 0) is 0 Å². The normalized spacial score (nSPS) is 10.8. The van der Waals surface area contributed by atoms with E-state index in [-0.39, 0.29) is 5.41 Å². The van der Waals surface area contributed by atoms with Crippen molar-refractivity contribution in [3.05, 3.63) is 6.42 Å². The highest BCUT2D eigenvalue weighted by Gasteiger charge is 2.14. The Morgan fingerprint density at radius 1 is 1.38 bits per heavy atom. The van der Waals surface area contributed by atoms with Crippen molar-refractivity contribution in [2.24, 2.45) is 5.41 Å². The van der Waals surface area contributed by atoms with Crippen LogP contribution in [0.1, 0.15) is 33.6 Å². The van der Waals surface area contributed by atoms with Crippen LogP contribution in [0.5, 0.6) is 0 Å². The average molecular weight is 109 g/mol. The van der Waals surface area contributed by atoms with Crippen molar-refractivity contribution in [3.63, 3.8) is 0 Å². The minimum Gasteiger partial charge on any atom is -0.0826 e. The van der Waals surface area contributed by atoms with E-state index in [1.165, 1.54) is 0 Å². The predicted molar refractivity (Wildman–Crippen MR) is 35.8 cm³/mol. The maximum atomic E-state index is 6.91. The van der Waals surface area contributed by atoms with E-state index >= 15 is 0 Å². The lowest BCUT2D eigenvalue weighted by molar-refractivity contribution is 0.415. The van der Waals surface area contributed by atoms with Crippen LogP contribution in [0.2, 0.25) is 0 Å². The largest absolute Gasteiger partial charge is 0.0826 e. The summed E-state index contributed by atoms with van der Waals surface area (Å²) in [6.45, 7) is 6.23. The Morgan fingerprint density at radius 3 is 1.75 bits per heavy atom. The van der Waals surface area contributed by atoms with E-state index < -0.39 is 0 Å². The number of rotatable bonds is 2. The summed E-state index contributed by atoms with van der Waals surface area (Å²) in [5.41, 5.74) is 0.0417. The topological polar surface area (TPSA) is 0 Å². The molecule has 0 aromatic heterocycles. The van der Waals surface area contributed by atoms with Crippen molar-refractivity contribution in [2.45, 2.75) is 33.6 Å². The van der Waals surface area contributed by atoms with Crippen molar-refractivity contribution in [1.29, 1.82) is 0 Å². The first-order chi connectivity index (χ1) is 3.68. The van der Waals surface area contributed by atoms with Crippen LogP contribution < -0.4 is 0 Å². The van der Waals surface area contributed by atoms with Crippen LogP contribution in [0.4, 0.5) is 0 Å². The molecular formula is C8H13. The van der Waals surface area contributed by atoms with Crippen LogP contribution >= 0.6 is 0 Å². The van der Waals surface area contributed by atoms with E-state index in [0.717, 1.165) is 12.8 Å². The van der Waals surface area contributed by atoms with Crippen molar-refractivity contribution in [2.75, 3.05) is 0 Å². The molecule has 0 aliphatic carbocycles. The summed E-state index contributed by atoms with van der Waals surface area (Å²) < 4.78 is 0. The Labute approximate surface area is 52.3 Å². The van der Waals surface area contributed by atoms with Gasteiger partial charge in [-0.25, -0.2) is 0 Å². The maximum absolute atomic E-state index is 6.91. The van der Waals surface area contributed by atoms with Crippen molar-refractivity contribution >= 4 is 0 Å². The van der Waals surface area contributed by atoms with Crippen LogP contribution in [-0.4, -0.2) is 0 Å². The predicted octanol–water partition coefficient (Wildman–Crippen LogP) is 2.40. The zero-order valence-electron chi connectivity index (χ0n) is 5.91. The molecule has 0 nitrogen and oxygen atoms in total. The van der Waals surface area contributed by atoms with Gasteiger partial charge in [-0.05, 0) is 26.2 Å². The summed E-state index contributed by atoms with van der Waals surface area (Å²) in [4.78, 5) is 0. The quantitative estimate of drug-likeness (QED) is 0.478. The monoisotopic (exact) mass is 109 g/mol. The lowest BCUT2D eigenvalue weighted by Gasteiger charge is -2.17. The van der Waals surface area contributed by atoms with Crippen LogP contribution in [0, 0.1) is 17.8 Å². The highest BCUT2D eigenvalue weighted by Crippen LogP contribution is 2.22. The fourth-order valence-corrected chi connectivity index (χ4v) is 0.427. The first-order valence-electron chi connectivity index (χ1n) is 3.12. The lowest BCUT2D eigenvalue weighted by atomic mass is 9.86. The summed E-state index contributed by atoms with van der Waals surface area (Å²) in [6.07, 6.45) is 8.95. The Balaban J connectivity index is 3.83. The first-order valence-corrected chi connectivity index (χ1v) is 3.12. The maximum Gasteiger partial charge on any atom is 0.0291 e. The molecule has 0 heteroatoms. The van der Waals surface area contributed by atoms with Crippen molar-refractivity contribution in [1.82, 2.24) is 0 Å². The van der Waals surface area contributed by atoms with Gasteiger partial charge < -0.3 is 0 Å². The molecule has 0 spiro atoms. The van der Waals surface area contributed by atoms with E-state index in [0.29, 0.717) is 0 Å².